The summed E-state index contributed by atoms with van der Waals surface area (Å²) in [6.45, 7) is 0. The minimum absolute atomic E-state index is 0. The maximum absolute atomic E-state index is 2.55. The van der Waals surface area contributed by atoms with Crippen LogP contribution in [0.1, 0.15) is 190 Å². The maximum atomic E-state index is 2.55. The minimum Gasteiger partial charge on any atom is -0.358 e. The summed E-state index contributed by atoms with van der Waals surface area (Å²) >= 11 is 0. The van der Waals surface area contributed by atoms with Gasteiger partial charge in [0.05, 0.1) is 0 Å². The molecule has 59 heavy (non-hydrogen) atoms. The van der Waals surface area contributed by atoms with E-state index in [1.54, 1.807) is 62.5 Å². The fourth-order valence-electron chi connectivity index (χ4n) is 13.8. The Labute approximate surface area is 380 Å². The molecule has 6 fully saturated rings. The number of hydrogen-bond acceptors (Lipinski definition) is 2. The van der Waals surface area contributed by atoms with E-state index < -0.39 is 0 Å². The second kappa shape index (κ2) is 26.5. The predicted molar refractivity (Wildman–Crippen MR) is 262 cm³/mol. The predicted octanol–water partition coefficient (Wildman–Crippen LogP) is 16.1. The molecule has 8 rings (SSSR count). The summed E-state index contributed by atoms with van der Waals surface area (Å²) in [6, 6.07) is 24.2. The topological polar surface area (TPSA) is 6.48 Å². The SMILES string of the molecule is CN(C)[C@@H](c1ccccc1)C1CCCC1P(C1CCCCC1)C1CCCCC1.CN(C)[C@@H](c1ccccc1)C1CCCC1P(C1CCCCC1)C1CCCCC1.[CH3-].[CH3-].[Fe+2]. The van der Waals surface area contributed by atoms with Crippen molar-refractivity contribution >= 4 is 15.8 Å². The van der Waals surface area contributed by atoms with Crippen molar-refractivity contribution < 1.29 is 17.1 Å². The van der Waals surface area contributed by atoms with E-state index in [1.807, 2.05) is 0 Å². The Bertz CT molecular complexity index is 1220. The summed E-state index contributed by atoms with van der Waals surface area (Å²) in [4.78, 5) is 5.10. The van der Waals surface area contributed by atoms with Crippen LogP contribution in [0.2, 0.25) is 0 Å². The molecule has 0 saturated heterocycles. The van der Waals surface area contributed by atoms with E-state index in [2.05, 4.69) is 98.7 Å². The van der Waals surface area contributed by atoms with Crippen LogP contribution in [-0.4, -0.2) is 71.9 Å². The zero-order valence-electron chi connectivity index (χ0n) is 39.1. The van der Waals surface area contributed by atoms with Crippen molar-refractivity contribution in [2.24, 2.45) is 11.8 Å². The Balaban J connectivity index is 0.000000248. The molecule has 6 atom stereocenters. The van der Waals surface area contributed by atoms with E-state index in [4.69, 9.17) is 0 Å². The molecule has 334 valence electrons. The van der Waals surface area contributed by atoms with Crippen LogP contribution in [0.3, 0.4) is 0 Å². The molecule has 0 amide bonds. The number of benzene rings is 2. The minimum atomic E-state index is 0. The molecule has 0 bridgehead atoms. The first-order valence-electron chi connectivity index (χ1n) is 24.5. The molecule has 6 aliphatic rings. The zero-order chi connectivity index (χ0) is 38.7. The van der Waals surface area contributed by atoms with Gasteiger partial charge in [-0.15, -0.1) is 0 Å². The number of rotatable bonds is 12. The van der Waals surface area contributed by atoms with Gasteiger partial charge in [0.25, 0.3) is 0 Å². The molecular formula is C54H90FeN2P2. The Kier molecular flexibility index (Phi) is 23.1. The second-order valence-electron chi connectivity index (χ2n) is 20.0. The monoisotopic (exact) mass is 885 g/mol. The normalized spacial score (nSPS) is 27.4. The molecule has 2 nitrogen and oxygen atoms in total. The Hall–Kier alpha value is -0.261. The van der Waals surface area contributed by atoms with Crippen molar-refractivity contribution in [3.05, 3.63) is 86.6 Å². The number of hydrogen-bond donors (Lipinski definition) is 0. The summed E-state index contributed by atoms with van der Waals surface area (Å²) in [6.07, 6.45) is 39.5. The summed E-state index contributed by atoms with van der Waals surface area (Å²) in [5.74, 6) is 1.76. The fourth-order valence-corrected chi connectivity index (χ4v) is 23.4. The first-order chi connectivity index (χ1) is 27.5. The summed E-state index contributed by atoms with van der Waals surface area (Å²) in [5.41, 5.74) is 9.54. The largest absolute Gasteiger partial charge is 2.00 e. The quantitative estimate of drug-likeness (QED) is 0.119. The van der Waals surface area contributed by atoms with Crippen molar-refractivity contribution in [3.8, 4) is 0 Å². The van der Waals surface area contributed by atoms with Crippen LogP contribution in [0.25, 0.3) is 0 Å². The number of nitrogens with zero attached hydrogens (tertiary/aromatic N) is 2. The zero-order valence-corrected chi connectivity index (χ0v) is 42.0. The van der Waals surface area contributed by atoms with Gasteiger partial charge >= 0.3 is 17.1 Å². The fraction of sp³-hybridized carbons (Fsp3) is 0.741. The molecule has 4 unspecified atom stereocenters. The summed E-state index contributed by atoms with van der Waals surface area (Å²) in [7, 11) is 9.70. The van der Waals surface area contributed by atoms with Gasteiger partial charge in [-0.1, -0.05) is 166 Å². The van der Waals surface area contributed by atoms with Gasteiger partial charge in [-0.25, -0.2) is 0 Å². The molecule has 0 heterocycles. The molecule has 0 spiro atoms. The molecule has 5 heteroatoms. The molecule has 6 saturated carbocycles. The van der Waals surface area contributed by atoms with Crippen molar-refractivity contribution in [2.45, 2.75) is 213 Å². The first kappa shape index (κ1) is 51.4. The summed E-state index contributed by atoms with van der Waals surface area (Å²) < 4.78 is 0. The van der Waals surface area contributed by atoms with Crippen LogP contribution < -0.4 is 0 Å². The van der Waals surface area contributed by atoms with Crippen LogP contribution in [0, 0.1) is 26.7 Å². The van der Waals surface area contributed by atoms with E-state index in [-0.39, 0.29) is 47.8 Å². The van der Waals surface area contributed by atoms with Gasteiger partial charge in [0.15, 0.2) is 0 Å². The van der Waals surface area contributed by atoms with E-state index >= 15 is 0 Å². The average molecular weight is 885 g/mol. The van der Waals surface area contributed by atoms with E-state index in [9.17, 15) is 0 Å². The Morgan fingerprint density at radius 2 is 0.644 bits per heavy atom. The second-order valence-corrected chi connectivity index (χ2v) is 26.1. The third-order valence-electron chi connectivity index (χ3n) is 16.0. The molecule has 2 aromatic rings. The van der Waals surface area contributed by atoms with Crippen molar-refractivity contribution in [2.75, 3.05) is 28.2 Å². The standard InChI is InChI=1S/2C26H42NP.2CH3.Fe/c2*1-27(2)26(21-13-6-3-7-14-21)24-19-12-20-25(24)28(22-15-8-4-9-16-22)23-17-10-5-11-18-23;;;/h2*3,6-7,13-14,22-26H,4-5,8-12,15-20H2,1-2H3;2*1H3;/q;;2*-1;+2/t2*24?,25?,26-;;;/m00.../s1. The molecule has 0 radical (unpaired) electrons. The van der Waals surface area contributed by atoms with Crippen LogP contribution >= 0.6 is 15.8 Å². The van der Waals surface area contributed by atoms with Crippen LogP contribution in [-0.2, 0) is 17.1 Å². The van der Waals surface area contributed by atoms with Gasteiger partial charge in [0.2, 0.25) is 0 Å². The Morgan fingerprint density at radius 1 is 0.373 bits per heavy atom. The van der Waals surface area contributed by atoms with Crippen molar-refractivity contribution in [1.29, 1.82) is 0 Å². The van der Waals surface area contributed by atoms with Gasteiger partial charge in [0.1, 0.15) is 0 Å². The maximum Gasteiger partial charge on any atom is 2.00 e. The third kappa shape index (κ3) is 13.4. The van der Waals surface area contributed by atoms with E-state index in [0.717, 1.165) is 45.8 Å². The van der Waals surface area contributed by atoms with E-state index in [0.29, 0.717) is 12.1 Å². The molecule has 0 aliphatic heterocycles. The molecule has 6 aliphatic carbocycles. The van der Waals surface area contributed by atoms with Gasteiger partial charge < -0.3 is 24.7 Å². The molecule has 0 aromatic heterocycles. The summed E-state index contributed by atoms with van der Waals surface area (Å²) in [5, 5.41) is 0. The van der Waals surface area contributed by atoms with Gasteiger partial charge in [-0.05, 0) is 162 Å². The smallest absolute Gasteiger partial charge is 0.358 e. The molecule has 0 N–H and O–H groups in total. The van der Waals surface area contributed by atoms with Crippen LogP contribution in [0.4, 0.5) is 0 Å². The van der Waals surface area contributed by atoms with Crippen molar-refractivity contribution in [1.82, 2.24) is 9.80 Å². The van der Waals surface area contributed by atoms with Crippen molar-refractivity contribution in [3.63, 3.8) is 0 Å². The Morgan fingerprint density at radius 3 is 0.898 bits per heavy atom. The molecular weight excluding hydrogens is 794 g/mol. The van der Waals surface area contributed by atoms with Crippen LogP contribution in [0.5, 0.6) is 0 Å². The van der Waals surface area contributed by atoms with E-state index in [1.165, 1.54) is 116 Å². The van der Waals surface area contributed by atoms with Gasteiger partial charge in [0, 0.05) is 12.1 Å². The van der Waals surface area contributed by atoms with Crippen LogP contribution in [0.15, 0.2) is 60.7 Å². The third-order valence-corrected chi connectivity index (χ3v) is 24.3. The van der Waals surface area contributed by atoms with Gasteiger partial charge in [-0.3, -0.25) is 0 Å². The molecule has 2 aromatic carbocycles. The average Bonchev–Trinajstić information content (AvgIpc) is 3.91. The van der Waals surface area contributed by atoms with Gasteiger partial charge in [-0.2, -0.15) is 0 Å². The first-order valence-corrected chi connectivity index (χ1v) is 27.6.